The average Bonchev–Trinajstić information content (AvgIpc) is 1.30. The lowest BCUT2D eigenvalue weighted by Crippen LogP contribution is -2.22. The molecular formula is C5H11O2. The number of rotatable bonds is 2. The molecule has 2 nitrogen and oxygen atoms in total. The van der Waals surface area contributed by atoms with E-state index in [2.05, 4.69) is 11.7 Å². The van der Waals surface area contributed by atoms with E-state index in [9.17, 15) is 0 Å². The molecule has 0 aromatic carbocycles. The number of ether oxygens (including phenoxy) is 1. The smallest absolute Gasteiger partial charge is 0.159 e. The van der Waals surface area contributed by atoms with Crippen molar-refractivity contribution < 1.29 is 9.84 Å². The summed E-state index contributed by atoms with van der Waals surface area (Å²) >= 11 is 0. The molecule has 0 aliphatic heterocycles. The Labute approximate surface area is 44.1 Å². The minimum absolute atomic E-state index is 0.309. The van der Waals surface area contributed by atoms with Crippen LogP contribution in [0.1, 0.15) is 13.8 Å². The van der Waals surface area contributed by atoms with Gasteiger partial charge in [-0.1, -0.05) is 0 Å². The lowest BCUT2D eigenvalue weighted by molar-refractivity contribution is -0.168. The summed E-state index contributed by atoms with van der Waals surface area (Å²) in [7, 11) is 0. The predicted molar refractivity (Wildman–Crippen MR) is 27.6 cm³/mol. The van der Waals surface area contributed by atoms with E-state index in [1.807, 2.05) is 0 Å². The molecule has 0 aromatic heterocycles. The summed E-state index contributed by atoms with van der Waals surface area (Å²) in [6.07, 6.45) is 0. The number of aliphatic hydroxyl groups is 1. The molecule has 0 saturated carbocycles. The zero-order valence-electron chi connectivity index (χ0n) is 4.77. The fourth-order valence-electron chi connectivity index (χ4n) is 0.250. The fraction of sp³-hybridized carbons (Fsp3) is 0.800. The maximum absolute atomic E-state index is 8.76. The molecule has 1 radical (unpaired) electrons. The summed E-state index contributed by atoms with van der Waals surface area (Å²) in [4.78, 5) is 0. The minimum Gasteiger partial charge on any atom is -0.366 e. The molecule has 0 bridgehead atoms. The topological polar surface area (TPSA) is 29.5 Å². The zero-order chi connectivity index (χ0) is 5.91. The third-order valence-corrected chi connectivity index (χ3v) is 0.455. The maximum Gasteiger partial charge on any atom is 0.159 e. The highest BCUT2D eigenvalue weighted by Crippen LogP contribution is 2.00. The Morgan fingerprint density at radius 3 is 2.14 bits per heavy atom. The summed E-state index contributed by atoms with van der Waals surface area (Å²) in [6, 6.07) is 0. The van der Waals surface area contributed by atoms with Gasteiger partial charge in [-0.05, 0) is 20.8 Å². The summed E-state index contributed by atoms with van der Waals surface area (Å²) in [5, 5.41) is 8.76. The maximum atomic E-state index is 8.76. The van der Waals surface area contributed by atoms with Gasteiger partial charge in [-0.2, -0.15) is 0 Å². The highest BCUT2D eigenvalue weighted by atomic mass is 16.6. The first-order valence-corrected chi connectivity index (χ1v) is 2.22. The van der Waals surface area contributed by atoms with Crippen molar-refractivity contribution in [2.24, 2.45) is 0 Å². The Bertz CT molecular complexity index is 44.5. The van der Waals surface area contributed by atoms with Gasteiger partial charge in [-0.3, -0.25) is 0 Å². The first-order chi connectivity index (χ1) is 3.06. The molecule has 7 heavy (non-hydrogen) atoms. The molecule has 2 heteroatoms. The van der Waals surface area contributed by atoms with Crippen LogP contribution in [0, 0.1) is 6.92 Å². The Hall–Kier alpha value is -0.0800. The molecule has 0 fully saturated rings. The second-order valence-corrected chi connectivity index (χ2v) is 1.80. The molecule has 0 rings (SSSR count). The Balaban J connectivity index is 3.15. The van der Waals surface area contributed by atoms with Gasteiger partial charge in [0.2, 0.25) is 0 Å². The van der Waals surface area contributed by atoms with Crippen LogP contribution in [0.3, 0.4) is 0 Å². The second kappa shape index (κ2) is 2.28. The van der Waals surface area contributed by atoms with E-state index >= 15 is 0 Å². The normalized spacial score (nSPS) is 12.0. The van der Waals surface area contributed by atoms with Crippen LogP contribution in [0.15, 0.2) is 0 Å². The van der Waals surface area contributed by atoms with Crippen LogP contribution < -0.4 is 0 Å². The van der Waals surface area contributed by atoms with Crippen molar-refractivity contribution in [1.29, 1.82) is 0 Å². The largest absolute Gasteiger partial charge is 0.366 e. The lowest BCUT2D eigenvalue weighted by Gasteiger charge is -2.15. The molecule has 43 valence electrons. The van der Waals surface area contributed by atoms with Crippen molar-refractivity contribution >= 4 is 0 Å². The van der Waals surface area contributed by atoms with Crippen molar-refractivity contribution in [3.8, 4) is 0 Å². The molecule has 0 aromatic rings. The molecule has 0 spiro atoms. The quantitative estimate of drug-likeness (QED) is 0.517. The second-order valence-electron chi connectivity index (χ2n) is 1.80. The van der Waals surface area contributed by atoms with Crippen LogP contribution in [0.4, 0.5) is 0 Å². The van der Waals surface area contributed by atoms with Gasteiger partial charge >= 0.3 is 0 Å². The SMILES string of the molecule is [CH2]COC(C)(C)O. The van der Waals surface area contributed by atoms with Gasteiger partial charge in [-0.25, -0.2) is 0 Å². The summed E-state index contributed by atoms with van der Waals surface area (Å²) in [5.41, 5.74) is 0. The van der Waals surface area contributed by atoms with Crippen LogP contribution in [0.2, 0.25) is 0 Å². The third kappa shape index (κ3) is 5.92. The van der Waals surface area contributed by atoms with Crippen molar-refractivity contribution in [2.75, 3.05) is 6.61 Å². The summed E-state index contributed by atoms with van der Waals surface area (Å²) in [6.45, 7) is 6.83. The molecule has 0 saturated heterocycles. The van der Waals surface area contributed by atoms with Crippen LogP contribution in [-0.4, -0.2) is 17.5 Å². The van der Waals surface area contributed by atoms with Crippen molar-refractivity contribution in [2.45, 2.75) is 19.6 Å². The van der Waals surface area contributed by atoms with Gasteiger partial charge < -0.3 is 9.84 Å². The highest BCUT2D eigenvalue weighted by molar-refractivity contribution is 4.47. The third-order valence-electron chi connectivity index (χ3n) is 0.455. The number of hydrogen-bond acceptors (Lipinski definition) is 2. The molecule has 0 aliphatic carbocycles. The van der Waals surface area contributed by atoms with Crippen molar-refractivity contribution in [3.05, 3.63) is 6.92 Å². The van der Waals surface area contributed by atoms with E-state index in [4.69, 9.17) is 5.11 Å². The standard InChI is InChI=1S/C5H11O2/c1-4-7-5(2,3)6/h6H,1,4H2,2-3H3. The lowest BCUT2D eigenvalue weighted by atomic mass is 10.4. The minimum atomic E-state index is -1.01. The predicted octanol–water partition coefficient (Wildman–Crippen LogP) is 0.565. The van der Waals surface area contributed by atoms with Crippen LogP contribution in [-0.2, 0) is 4.74 Å². The van der Waals surface area contributed by atoms with Gasteiger partial charge in [0.05, 0.1) is 6.61 Å². The van der Waals surface area contributed by atoms with Crippen LogP contribution >= 0.6 is 0 Å². The van der Waals surface area contributed by atoms with Gasteiger partial charge in [0, 0.05) is 0 Å². The number of hydrogen-bond donors (Lipinski definition) is 1. The molecule has 0 heterocycles. The molecular weight excluding hydrogens is 92.1 g/mol. The summed E-state index contributed by atoms with van der Waals surface area (Å²) < 4.78 is 4.67. The van der Waals surface area contributed by atoms with Crippen LogP contribution in [0.5, 0.6) is 0 Å². The van der Waals surface area contributed by atoms with E-state index in [0.717, 1.165) is 0 Å². The van der Waals surface area contributed by atoms with E-state index in [1.165, 1.54) is 0 Å². The first-order valence-electron chi connectivity index (χ1n) is 2.22. The zero-order valence-corrected chi connectivity index (χ0v) is 4.77. The molecule has 0 unspecified atom stereocenters. The monoisotopic (exact) mass is 103 g/mol. The Morgan fingerprint density at radius 1 is 1.71 bits per heavy atom. The van der Waals surface area contributed by atoms with E-state index in [-0.39, 0.29) is 0 Å². The van der Waals surface area contributed by atoms with Gasteiger partial charge in [-0.15, -0.1) is 0 Å². The molecule has 0 amide bonds. The molecule has 0 aliphatic rings. The van der Waals surface area contributed by atoms with E-state index in [1.54, 1.807) is 13.8 Å². The fourth-order valence-corrected chi connectivity index (χ4v) is 0.250. The Kier molecular flexibility index (Phi) is 2.26. The first kappa shape index (κ1) is 6.92. The summed E-state index contributed by atoms with van der Waals surface area (Å²) in [5.74, 6) is -1.01. The van der Waals surface area contributed by atoms with Crippen molar-refractivity contribution in [1.82, 2.24) is 0 Å². The average molecular weight is 103 g/mol. The molecule has 1 N–H and O–H groups in total. The molecule has 0 atom stereocenters. The highest BCUT2D eigenvalue weighted by Gasteiger charge is 2.08. The van der Waals surface area contributed by atoms with Gasteiger partial charge in [0.1, 0.15) is 0 Å². The van der Waals surface area contributed by atoms with Crippen molar-refractivity contribution in [3.63, 3.8) is 0 Å². The van der Waals surface area contributed by atoms with Gasteiger partial charge in [0.25, 0.3) is 0 Å². The van der Waals surface area contributed by atoms with Crippen LogP contribution in [0.25, 0.3) is 0 Å². The van der Waals surface area contributed by atoms with Gasteiger partial charge in [0.15, 0.2) is 5.79 Å². The van der Waals surface area contributed by atoms with E-state index < -0.39 is 5.79 Å². The van der Waals surface area contributed by atoms with E-state index in [0.29, 0.717) is 6.61 Å². The Morgan fingerprint density at radius 2 is 2.14 bits per heavy atom.